The first-order valence-electron chi connectivity index (χ1n) is 11.7. The van der Waals surface area contributed by atoms with Crippen molar-refractivity contribution < 1.29 is 19.1 Å². The average molecular weight is 495 g/mol. The number of morpholine rings is 1. The van der Waals surface area contributed by atoms with Gasteiger partial charge in [0, 0.05) is 31.6 Å². The van der Waals surface area contributed by atoms with E-state index in [1.807, 2.05) is 36.4 Å². The largest absolute Gasteiger partial charge is 0.378 e. The normalized spacial score (nSPS) is 21.2. The highest BCUT2D eigenvalue weighted by molar-refractivity contribution is 6.31. The molecule has 3 aliphatic heterocycles. The lowest BCUT2D eigenvalue weighted by Gasteiger charge is -2.34. The summed E-state index contributed by atoms with van der Waals surface area (Å²) in [5.74, 6) is -0.374. The van der Waals surface area contributed by atoms with Crippen molar-refractivity contribution in [2.24, 2.45) is 0 Å². The molecule has 2 aromatic carbocycles. The summed E-state index contributed by atoms with van der Waals surface area (Å²) in [5, 5.41) is 3.38. The lowest BCUT2D eigenvalue weighted by atomic mass is 9.95. The van der Waals surface area contributed by atoms with E-state index in [1.165, 1.54) is 4.90 Å². The number of hydrogen-bond donors (Lipinski definition) is 1. The Hall–Kier alpha value is -3.36. The maximum absolute atomic E-state index is 14.0. The van der Waals surface area contributed by atoms with Gasteiger partial charge >= 0.3 is 6.03 Å². The van der Waals surface area contributed by atoms with E-state index in [0.717, 1.165) is 5.56 Å². The molecule has 0 aliphatic carbocycles. The molecule has 8 nitrogen and oxygen atoms in total. The number of rotatable bonds is 5. The minimum atomic E-state index is -0.705. The number of nitrogens with one attached hydrogen (secondary N) is 1. The molecule has 1 saturated heterocycles. The minimum Gasteiger partial charge on any atom is -0.378 e. The van der Waals surface area contributed by atoms with Gasteiger partial charge in [0.15, 0.2) is 0 Å². The standard InChI is InChI=1S/C26H27ClN4O4/c1-29-21-16-31(25(33)22(21)23(28-26(29)34)18-9-5-6-10-19(18)27)20(15-17-7-3-2-4-8-17)24(32)30-11-13-35-14-12-30/h2-10,20,23H,11-16H2,1H3,(H,28,34). The fourth-order valence-corrected chi connectivity index (χ4v) is 5.19. The second-order valence-corrected chi connectivity index (χ2v) is 9.31. The van der Waals surface area contributed by atoms with Gasteiger partial charge in [-0.15, -0.1) is 0 Å². The maximum Gasteiger partial charge on any atom is 0.322 e. The Morgan fingerprint density at radius 1 is 1.09 bits per heavy atom. The Kier molecular flexibility index (Phi) is 6.49. The summed E-state index contributed by atoms with van der Waals surface area (Å²) in [7, 11) is 1.64. The fourth-order valence-electron chi connectivity index (χ4n) is 4.95. The Bertz CT molecular complexity index is 1180. The number of halogens is 1. The number of ether oxygens (including phenoxy) is 1. The minimum absolute atomic E-state index is 0.110. The van der Waals surface area contributed by atoms with Gasteiger partial charge in [-0.1, -0.05) is 60.1 Å². The van der Waals surface area contributed by atoms with E-state index < -0.39 is 12.1 Å². The van der Waals surface area contributed by atoms with E-state index in [2.05, 4.69) is 5.32 Å². The van der Waals surface area contributed by atoms with Gasteiger partial charge in [-0.3, -0.25) is 14.5 Å². The maximum atomic E-state index is 14.0. The molecule has 0 bridgehead atoms. The van der Waals surface area contributed by atoms with Crippen molar-refractivity contribution in [3.05, 3.63) is 82.0 Å². The monoisotopic (exact) mass is 494 g/mol. The molecular formula is C26H27ClN4O4. The van der Waals surface area contributed by atoms with Gasteiger partial charge in [0.05, 0.1) is 37.1 Å². The van der Waals surface area contributed by atoms with Crippen molar-refractivity contribution in [2.75, 3.05) is 39.9 Å². The third-order valence-electron chi connectivity index (χ3n) is 6.86. The molecule has 0 saturated carbocycles. The molecule has 2 aromatic rings. The highest BCUT2D eigenvalue weighted by Gasteiger charge is 2.47. The number of nitrogens with zero attached hydrogens (tertiary/aromatic N) is 3. The van der Waals surface area contributed by atoms with Gasteiger partial charge in [-0.05, 0) is 17.2 Å². The van der Waals surface area contributed by atoms with Gasteiger partial charge in [0.2, 0.25) is 5.91 Å². The topological polar surface area (TPSA) is 82.2 Å². The zero-order chi connectivity index (χ0) is 24.5. The van der Waals surface area contributed by atoms with Crippen LogP contribution in [0.3, 0.4) is 0 Å². The van der Waals surface area contributed by atoms with Crippen LogP contribution in [0.1, 0.15) is 17.2 Å². The lowest BCUT2D eigenvalue weighted by molar-refractivity contribution is -0.145. The van der Waals surface area contributed by atoms with E-state index in [1.54, 1.807) is 35.0 Å². The van der Waals surface area contributed by atoms with Gasteiger partial charge in [0.25, 0.3) is 5.91 Å². The predicted molar refractivity (Wildman–Crippen MR) is 131 cm³/mol. The molecule has 5 rings (SSSR count). The van der Waals surface area contributed by atoms with Crippen molar-refractivity contribution in [3.63, 3.8) is 0 Å². The molecule has 0 spiro atoms. The first kappa shape index (κ1) is 23.4. The van der Waals surface area contributed by atoms with Crippen LogP contribution in [-0.4, -0.2) is 78.5 Å². The van der Waals surface area contributed by atoms with Gasteiger partial charge in [-0.25, -0.2) is 4.79 Å². The molecular weight excluding hydrogens is 468 g/mol. The molecule has 3 aliphatic rings. The predicted octanol–water partition coefficient (Wildman–Crippen LogP) is 2.60. The number of carbonyl (C=O) groups excluding carboxylic acids is 3. The Labute approximate surface area is 209 Å². The lowest BCUT2D eigenvalue weighted by Crippen LogP contribution is -2.53. The van der Waals surface area contributed by atoms with Crippen LogP contribution in [0.2, 0.25) is 5.02 Å². The van der Waals surface area contributed by atoms with Crippen molar-refractivity contribution in [3.8, 4) is 0 Å². The molecule has 4 amide bonds. The van der Waals surface area contributed by atoms with Crippen molar-refractivity contribution >= 4 is 29.4 Å². The highest BCUT2D eigenvalue weighted by Crippen LogP contribution is 2.39. The van der Waals surface area contributed by atoms with Crippen LogP contribution < -0.4 is 5.32 Å². The van der Waals surface area contributed by atoms with Gasteiger partial charge in [-0.2, -0.15) is 0 Å². The molecule has 2 atom stereocenters. The van der Waals surface area contributed by atoms with Crippen LogP contribution in [0.15, 0.2) is 65.9 Å². The van der Waals surface area contributed by atoms with Crippen molar-refractivity contribution in [2.45, 2.75) is 18.5 Å². The second kappa shape index (κ2) is 9.71. The van der Waals surface area contributed by atoms with Crippen LogP contribution in [0, 0.1) is 0 Å². The number of carbonyl (C=O) groups is 3. The summed E-state index contributed by atoms with van der Waals surface area (Å²) in [6, 6.07) is 15.1. The molecule has 0 radical (unpaired) electrons. The Morgan fingerprint density at radius 2 is 1.77 bits per heavy atom. The van der Waals surface area contributed by atoms with Crippen LogP contribution in [0.25, 0.3) is 0 Å². The third kappa shape index (κ3) is 4.39. The zero-order valence-electron chi connectivity index (χ0n) is 19.4. The molecule has 9 heteroatoms. The summed E-state index contributed by atoms with van der Waals surface area (Å²) in [6.45, 7) is 2.10. The number of urea groups is 1. The van der Waals surface area contributed by atoms with E-state index in [4.69, 9.17) is 16.3 Å². The van der Waals surface area contributed by atoms with Crippen LogP contribution in [-0.2, 0) is 20.7 Å². The first-order valence-corrected chi connectivity index (χ1v) is 12.1. The molecule has 182 valence electrons. The smallest absolute Gasteiger partial charge is 0.322 e. The molecule has 1 fully saturated rings. The van der Waals surface area contributed by atoms with E-state index in [-0.39, 0.29) is 24.4 Å². The summed E-state index contributed by atoms with van der Waals surface area (Å²) in [6.07, 6.45) is 0.380. The summed E-state index contributed by atoms with van der Waals surface area (Å²) >= 11 is 6.45. The molecule has 35 heavy (non-hydrogen) atoms. The summed E-state index contributed by atoms with van der Waals surface area (Å²) < 4.78 is 5.42. The SMILES string of the molecule is CN1C(=O)NC(c2ccccc2Cl)C2=C1CN(C(Cc1ccccc1)C(=O)N1CCOCC1)C2=O. The summed E-state index contributed by atoms with van der Waals surface area (Å²) in [4.78, 5) is 45.3. The highest BCUT2D eigenvalue weighted by atomic mass is 35.5. The molecule has 0 aromatic heterocycles. The Morgan fingerprint density at radius 3 is 2.49 bits per heavy atom. The van der Waals surface area contributed by atoms with Crippen LogP contribution in [0.4, 0.5) is 4.79 Å². The third-order valence-corrected chi connectivity index (χ3v) is 7.20. The summed E-state index contributed by atoms with van der Waals surface area (Å²) in [5.41, 5.74) is 2.66. The molecule has 3 heterocycles. The quantitative estimate of drug-likeness (QED) is 0.692. The number of likely N-dealkylation sites (N-methyl/N-ethyl adjacent to an activating group) is 1. The van der Waals surface area contributed by atoms with Crippen molar-refractivity contribution in [1.29, 1.82) is 0 Å². The zero-order valence-corrected chi connectivity index (χ0v) is 20.2. The molecule has 1 N–H and O–H groups in total. The number of benzene rings is 2. The first-order chi connectivity index (χ1) is 17.0. The number of amides is 4. The Balaban J connectivity index is 1.51. The fraction of sp³-hybridized carbons (Fsp3) is 0.346. The average Bonchev–Trinajstić information content (AvgIpc) is 3.23. The van der Waals surface area contributed by atoms with E-state index in [0.29, 0.717) is 54.6 Å². The van der Waals surface area contributed by atoms with Gasteiger partial charge < -0.3 is 19.9 Å². The second-order valence-electron chi connectivity index (χ2n) is 8.90. The van der Waals surface area contributed by atoms with Crippen LogP contribution in [0.5, 0.6) is 0 Å². The molecule has 2 unspecified atom stereocenters. The van der Waals surface area contributed by atoms with E-state index >= 15 is 0 Å². The van der Waals surface area contributed by atoms with Crippen LogP contribution >= 0.6 is 11.6 Å². The number of hydrogen-bond acceptors (Lipinski definition) is 4. The van der Waals surface area contributed by atoms with Crippen molar-refractivity contribution in [1.82, 2.24) is 20.0 Å². The van der Waals surface area contributed by atoms with E-state index in [9.17, 15) is 14.4 Å². The van der Waals surface area contributed by atoms with Gasteiger partial charge in [0.1, 0.15) is 6.04 Å².